The maximum atomic E-state index is 12.4. The zero-order chi connectivity index (χ0) is 13.6. The average Bonchev–Trinajstić information content (AvgIpc) is 3.00. The van der Waals surface area contributed by atoms with Crippen LogP contribution in [0.2, 0.25) is 0 Å². The van der Waals surface area contributed by atoms with Crippen LogP contribution >= 0.6 is 27.3 Å². The van der Waals surface area contributed by atoms with Crippen molar-refractivity contribution in [1.82, 2.24) is 4.90 Å². The molecule has 4 nitrogen and oxygen atoms in total. The van der Waals surface area contributed by atoms with Crippen LogP contribution in [0.5, 0.6) is 0 Å². The summed E-state index contributed by atoms with van der Waals surface area (Å²) in [5.74, 6) is -0.667. The number of halogens is 1. The number of carbonyl (C=O) groups excluding carboxylic acids is 1. The second kappa shape index (κ2) is 4.59. The van der Waals surface area contributed by atoms with Gasteiger partial charge < -0.3 is 10.0 Å². The second-order valence-corrected chi connectivity index (χ2v) is 7.10. The Kier molecular flexibility index (Phi) is 3.17. The van der Waals surface area contributed by atoms with Gasteiger partial charge in [0.2, 0.25) is 0 Å². The lowest BCUT2D eigenvalue weighted by Crippen LogP contribution is -2.37. The van der Waals surface area contributed by atoms with Crippen molar-refractivity contribution in [1.29, 1.82) is 0 Å². The first-order chi connectivity index (χ1) is 9.04. The molecule has 0 aromatic carbocycles. The molecular formula is C13H14BrNO3S. The third-order valence-corrected chi connectivity index (χ3v) is 6.22. The zero-order valence-corrected chi connectivity index (χ0v) is 12.7. The van der Waals surface area contributed by atoms with Crippen molar-refractivity contribution in [3.8, 4) is 0 Å². The minimum Gasteiger partial charge on any atom is -0.481 e. The van der Waals surface area contributed by atoms with E-state index in [9.17, 15) is 14.7 Å². The number of carboxylic acid groups (broad SMARTS) is 1. The summed E-state index contributed by atoms with van der Waals surface area (Å²) in [5, 5.41) is 11.4. The van der Waals surface area contributed by atoms with Crippen LogP contribution in [0.3, 0.4) is 0 Å². The first kappa shape index (κ1) is 13.1. The molecule has 2 fully saturated rings. The summed E-state index contributed by atoms with van der Waals surface area (Å²) in [5.41, 5.74) is -0.695. The zero-order valence-electron chi connectivity index (χ0n) is 10.3. The minimum absolute atomic E-state index is 0.0445. The van der Waals surface area contributed by atoms with Crippen LogP contribution in [0, 0.1) is 11.3 Å². The van der Waals surface area contributed by atoms with Gasteiger partial charge >= 0.3 is 5.97 Å². The van der Waals surface area contributed by atoms with Crippen LogP contribution in [0.4, 0.5) is 0 Å². The van der Waals surface area contributed by atoms with Crippen molar-refractivity contribution in [2.24, 2.45) is 11.3 Å². The van der Waals surface area contributed by atoms with Crippen molar-refractivity contribution in [3.63, 3.8) is 0 Å². The molecule has 1 amide bonds. The van der Waals surface area contributed by atoms with E-state index in [0.717, 1.165) is 17.3 Å². The van der Waals surface area contributed by atoms with Gasteiger partial charge in [0, 0.05) is 17.6 Å². The summed E-state index contributed by atoms with van der Waals surface area (Å²) < 4.78 is 0.795. The molecule has 102 valence electrons. The molecule has 1 saturated heterocycles. The SMILES string of the molecule is O=C(c1sccc1Br)N1C[C@@H]2CCC[C@@]2(C(=O)O)C1. The fourth-order valence-corrected chi connectivity index (χ4v) is 4.89. The molecule has 0 bridgehead atoms. The predicted molar refractivity (Wildman–Crippen MR) is 75.3 cm³/mol. The molecule has 3 rings (SSSR count). The van der Waals surface area contributed by atoms with Gasteiger partial charge in [-0.2, -0.15) is 0 Å². The number of amides is 1. The molecule has 6 heteroatoms. The number of thiophene rings is 1. The average molecular weight is 344 g/mol. The standard InChI is InChI=1S/C13H14BrNO3S/c14-9-3-5-19-10(9)11(16)15-6-8-2-1-4-13(8,7-15)12(17)18/h3,5,8H,1-2,4,6-7H2,(H,17,18)/t8-,13+/m0/s1. The van der Waals surface area contributed by atoms with Gasteiger partial charge in [-0.05, 0) is 46.1 Å². The molecule has 19 heavy (non-hydrogen) atoms. The molecule has 1 aromatic heterocycles. The van der Waals surface area contributed by atoms with Gasteiger partial charge in [-0.3, -0.25) is 9.59 Å². The van der Waals surface area contributed by atoms with Crippen molar-refractivity contribution >= 4 is 39.1 Å². The lowest BCUT2D eigenvalue weighted by molar-refractivity contribution is -0.149. The third kappa shape index (κ3) is 1.92. The van der Waals surface area contributed by atoms with Gasteiger partial charge in [0.1, 0.15) is 4.88 Å². The molecule has 2 atom stereocenters. The smallest absolute Gasteiger partial charge is 0.311 e. The molecule has 0 radical (unpaired) electrons. The lowest BCUT2D eigenvalue weighted by atomic mass is 9.81. The van der Waals surface area contributed by atoms with Crippen LogP contribution in [0.15, 0.2) is 15.9 Å². The van der Waals surface area contributed by atoms with Crippen molar-refractivity contribution in [2.45, 2.75) is 19.3 Å². The number of hydrogen-bond donors (Lipinski definition) is 1. The predicted octanol–water partition coefficient (Wildman–Crippen LogP) is 2.84. The Morgan fingerprint density at radius 1 is 1.53 bits per heavy atom. The summed E-state index contributed by atoms with van der Waals surface area (Å²) in [4.78, 5) is 26.4. The van der Waals surface area contributed by atoms with Gasteiger partial charge in [0.25, 0.3) is 5.91 Å². The molecule has 2 aliphatic rings. The maximum absolute atomic E-state index is 12.4. The van der Waals surface area contributed by atoms with Crippen LogP contribution in [-0.2, 0) is 4.79 Å². The highest BCUT2D eigenvalue weighted by molar-refractivity contribution is 9.10. The Morgan fingerprint density at radius 3 is 2.89 bits per heavy atom. The summed E-state index contributed by atoms with van der Waals surface area (Å²) in [6.45, 7) is 0.936. The molecule has 1 aromatic rings. The highest BCUT2D eigenvalue weighted by Crippen LogP contribution is 2.49. The number of hydrogen-bond acceptors (Lipinski definition) is 3. The fourth-order valence-electron chi connectivity index (χ4n) is 3.38. The van der Waals surface area contributed by atoms with Crippen LogP contribution in [0.1, 0.15) is 28.9 Å². The van der Waals surface area contributed by atoms with Crippen LogP contribution in [0.25, 0.3) is 0 Å². The van der Waals surface area contributed by atoms with Gasteiger partial charge in [-0.25, -0.2) is 0 Å². The summed E-state index contributed by atoms with van der Waals surface area (Å²) >= 11 is 4.76. The fraction of sp³-hybridized carbons (Fsp3) is 0.538. The van der Waals surface area contributed by atoms with Crippen molar-refractivity contribution in [2.75, 3.05) is 13.1 Å². The van der Waals surface area contributed by atoms with Gasteiger partial charge in [-0.15, -0.1) is 11.3 Å². The molecule has 2 heterocycles. The van der Waals surface area contributed by atoms with E-state index in [4.69, 9.17) is 0 Å². The van der Waals surface area contributed by atoms with Crippen molar-refractivity contribution < 1.29 is 14.7 Å². The van der Waals surface area contributed by atoms with Crippen molar-refractivity contribution in [3.05, 3.63) is 20.8 Å². The molecule has 1 aliphatic heterocycles. The van der Waals surface area contributed by atoms with E-state index in [0.29, 0.717) is 24.4 Å². The Hall–Kier alpha value is -0.880. The van der Waals surface area contributed by atoms with E-state index < -0.39 is 11.4 Å². The Morgan fingerprint density at radius 2 is 2.32 bits per heavy atom. The number of aliphatic carboxylic acids is 1. The molecule has 1 aliphatic carbocycles. The molecular weight excluding hydrogens is 330 g/mol. The summed E-state index contributed by atoms with van der Waals surface area (Å²) in [7, 11) is 0. The minimum atomic E-state index is -0.740. The second-order valence-electron chi connectivity index (χ2n) is 5.33. The lowest BCUT2D eigenvalue weighted by Gasteiger charge is -2.23. The quantitative estimate of drug-likeness (QED) is 0.898. The monoisotopic (exact) mass is 343 g/mol. The number of rotatable bonds is 2. The maximum Gasteiger partial charge on any atom is 0.311 e. The molecule has 1 saturated carbocycles. The number of fused-ring (bicyclic) bond motifs is 1. The summed E-state index contributed by atoms with van der Waals surface area (Å²) in [6, 6.07) is 1.85. The van der Waals surface area contributed by atoms with Crippen LogP contribution in [-0.4, -0.2) is 35.0 Å². The van der Waals surface area contributed by atoms with Crippen LogP contribution < -0.4 is 0 Å². The molecule has 1 N–H and O–H groups in total. The molecule has 0 unspecified atom stereocenters. The Bertz CT molecular complexity index is 544. The van der Waals surface area contributed by atoms with E-state index in [-0.39, 0.29) is 11.8 Å². The highest BCUT2D eigenvalue weighted by atomic mass is 79.9. The first-order valence-corrected chi connectivity index (χ1v) is 7.97. The summed E-state index contributed by atoms with van der Waals surface area (Å²) in [6.07, 6.45) is 2.58. The van der Waals surface area contributed by atoms with E-state index in [2.05, 4.69) is 15.9 Å². The van der Waals surface area contributed by atoms with Gasteiger partial charge in [0.15, 0.2) is 0 Å². The number of likely N-dealkylation sites (tertiary alicyclic amines) is 1. The number of nitrogens with zero attached hydrogens (tertiary/aromatic N) is 1. The Balaban J connectivity index is 1.85. The molecule has 0 spiro atoms. The van der Waals surface area contributed by atoms with Gasteiger partial charge in [-0.1, -0.05) is 6.42 Å². The first-order valence-electron chi connectivity index (χ1n) is 6.30. The largest absolute Gasteiger partial charge is 0.481 e. The number of carboxylic acids is 1. The topological polar surface area (TPSA) is 57.6 Å². The third-order valence-electron chi connectivity index (χ3n) is 4.40. The Labute approximate surface area is 123 Å². The number of carbonyl (C=O) groups is 2. The normalized spacial score (nSPS) is 29.5. The van der Waals surface area contributed by atoms with E-state index in [1.165, 1.54) is 11.3 Å². The van der Waals surface area contributed by atoms with E-state index in [1.54, 1.807) is 4.90 Å². The van der Waals surface area contributed by atoms with E-state index >= 15 is 0 Å². The van der Waals surface area contributed by atoms with E-state index in [1.807, 2.05) is 11.4 Å². The highest BCUT2D eigenvalue weighted by Gasteiger charge is 2.55. The van der Waals surface area contributed by atoms with Gasteiger partial charge in [0.05, 0.1) is 5.41 Å².